The Hall–Kier alpha value is -2.51. The smallest absolute Gasteiger partial charge is 0.245 e. The second-order valence-corrected chi connectivity index (χ2v) is 10.4. The molecule has 0 spiro atoms. The molecule has 1 aliphatic heterocycles. The molecule has 0 aromatic carbocycles. The fourth-order valence-corrected chi connectivity index (χ4v) is 4.63. The van der Waals surface area contributed by atoms with Crippen LogP contribution < -0.4 is 16.0 Å². The van der Waals surface area contributed by atoms with Gasteiger partial charge in [0.15, 0.2) is 0 Å². The van der Waals surface area contributed by atoms with Crippen molar-refractivity contribution in [2.75, 3.05) is 52.3 Å². The van der Waals surface area contributed by atoms with Crippen LogP contribution >= 0.6 is 11.8 Å². The lowest BCUT2D eigenvalue weighted by Gasteiger charge is -2.20. The largest absolute Gasteiger partial charge is 0.382 e. The number of hydrogen-bond acceptors (Lipinski definition) is 9. The molecule has 5 amide bonds. The van der Waals surface area contributed by atoms with Crippen molar-refractivity contribution >= 4 is 47.1 Å². The summed E-state index contributed by atoms with van der Waals surface area (Å²) in [5.74, 6) is -0.888. The van der Waals surface area contributed by atoms with Crippen LogP contribution in [0.1, 0.15) is 58.8 Å². The number of nitrogens with one attached hydrogen (secondary N) is 3. The maximum atomic E-state index is 12.7. The van der Waals surface area contributed by atoms with Gasteiger partial charge in [0.1, 0.15) is 18.4 Å². The predicted molar refractivity (Wildman–Crippen MR) is 142 cm³/mol. The fourth-order valence-electron chi connectivity index (χ4n) is 3.70. The molecule has 2 unspecified atom stereocenters. The summed E-state index contributed by atoms with van der Waals surface area (Å²) in [5, 5.41) is 7.78. The first-order valence-electron chi connectivity index (χ1n) is 13.0. The molecular weight excluding hydrogens is 516 g/mol. The number of likely N-dealkylation sites (tertiary alicyclic amines) is 1. The van der Waals surface area contributed by atoms with Crippen LogP contribution in [0.5, 0.6) is 0 Å². The molecule has 0 aliphatic carbocycles. The number of amides is 5. The lowest BCUT2D eigenvalue weighted by atomic mass is 10.1. The van der Waals surface area contributed by atoms with Gasteiger partial charge in [0.2, 0.25) is 29.5 Å². The third-order valence-corrected chi connectivity index (χ3v) is 6.80. The van der Waals surface area contributed by atoms with Crippen LogP contribution in [0.4, 0.5) is 0 Å². The average molecular weight is 559 g/mol. The molecule has 1 rings (SSSR count). The first-order chi connectivity index (χ1) is 18.2. The van der Waals surface area contributed by atoms with E-state index >= 15 is 0 Å². The minimum absolute atomic E-state index is 0.0285. The monoisotopic (exact) mass is 558 g/mol. The third-order valence-electron chi connectivity index (χ3n) is 5.70. The average Bonchev–Trinajstić information content (AvgIpc) is 3.14. The van der Waals surface area contributed by atoms with Gasteiger partial charge in [-0.25, -0.2) is 0 Å². The Morgan fingerprint density at radius 2 is 1.76 bits per heavy atom. The van der Waals surface area contributed by atoms with Crippen molar-refractivity contribution in [2.24, 2.45) is 0 Å². The summed E-state index contributed by atoms with van der Waals surface area (Å²) in [5.41, 5.74) is 0. The van der Waals surface area contributed by atoms with Crippen LogP contribution in [0.25, 0.3) is 0 Å². The number of nitrogens with zero attached hydrogens (tertiary/aromatic N) is 1. The second kappa shape index (κ2) is 19.5. The lowest BCUT2D eigenvalue weighted by molar-refractivity contribution is -0.139. The van der Waals surface area contributed by atoms with Crippen LogP contribution in [-0.4, -0.2) is 104 Å². The van der Waals surface area contributed by atoms with Crippen molar-refractivity contribution in [2.45, 2.75) is 70.1 Å². The molecule has 0 saturated carbocycles. The molecule has 1 saturated heterocycles. The normalized spacial score (nSPS) is 15.9. The highest BCUT2D eigenvalue weighted by atomic mass is 32.2. The molecule has 0 radical (unpaired) electrons. The minimum atomic E-state index is -0.818. The second-order valence-electron chi connectivity index (χ2n) is 8.89. The molecule has 0 aromatic rings. The fraction of sp³-hybridized carbons (Fsp3) is 0.760. The zero-order chi connectivity index (χ0) is 28.3. The van der Waals surface area contributed by atoms with Crippen molar-refractivity contribution in [1.29, 1.82) is 0 Å². The summed E-state index contributed by atoms with van der Waals surface area (Å²) >= 11 is 1.41. The first-order valence-corrected chi connectivity index (χ1v) is 14.1. The summed E-state index contributed by atoms with van der Waals surface area (Å²) in [4.78, 5) is 73.9. The van der Waals surface area contributed by atoms with Crippen molar-refractivity contribution in [1.82, 2.24) is 20.9 Å². The van der Waals surface area contributed by atoms with Gasteiger partial charge in [0.25, 0.3) is 0 Å². The molecule has 13 heteroatoms. The molecule has 2 atom stereocenters. The molecule has 1 fully saturated rings. The summed E-state index contributed by atoms with van der Waals surface area (Å²) in [6, 6.07) is -0.818. The predicted octanol–water partition coefficient (Wildman–Crippen LogP) is 0.177. The van der Waals surface area contributed by atoms with Gasteiger partial charge in [-0.2, -0.15) is 0 Å². The number of Topliss-reactive ketones (excluding diaryl/α,β-unsaturated/α-hetero) is 1. The van der Waals surface area contributed by atoms with E-state index in [9.17, 15) is 28.8 Å². The molecule has 216 valence electrons. The van der Waals surface area contributed by atoms with E-state index in [0.717, 1.165) is 4.90 Å². The maximum absolute atomic E-state index is 12.7. The Bertz CT molecular complexity index is 810. The Kier molecular flexibility index (Phi) is 17.2. The van der Waals surface area contributed by atoms with E-state index in [1.54, 1.807) is 7.11 Å². The quantitative estimate of drug-likeness (QED) is 0.132. The highest BCUT2D eigenvalue weighted by molar-refractivity contribution is 8.00. The standard InChI is InChI=1S/C25H42N4O8S/c1-4-38-20-16-23(33)29(25(20)35)13-10-21(31)28-19(24(34)27-12-7-8-18(2)30)9-5-6-11-26-22(32)17-37-15-14-36-3/h19-20H,4-17H2,1-3H3,(H,26,32)(H,27,34)(H,28,31). The number of ether oxygens (including phenoxy) is 2. The number of ketones is 1. The molecule has 0 bridgehead atoms. The van der Waals surface area contributed by atoms with E-state index in [1.807, 2.05) is 6.92 Å². The number of thioether (sulfide) groups is 1. The topological polar surface area (TPSA) is 160 Å². The molecule has 1 aliphatic rings. The highest BCUT2D eigenvalue weighted by Crippen LogP contribution is 2.24. The van der Waals surface area contributed by atoms with Gasteiger partial charge < -0.3 is 30.2 Å². The van der Waals surface area contributed by atoms with E-state index in [4.69, 9.17) is 9.47 Å². The zero-order valence-corrected chi connectivity index (χ0v) is 23.5. The van der Waals surface area contributed by atoms with Gasteiger partial charge in [-0.15, -0.1) is 11.8 Å². The molecule has 1 heterocycles. The van der Waals surface area contributed by atoms with Crippen LogP contribution in [0, 0.1) is 0 Å². The highest BCUT2D eigenvalue weighted by Gasteiger charge is 2.38. The Morgan fingerprint density at radius 1 is 1.03 bits per heavy atom. The van der Waals surface area contributed by atoms with Crippen molar-refractivity contribution in [3.63, 3.8) is 0 Å². The first kappa shape index (κ1) is 33.5. The van der Waals surface area contributed by atoms with E-state index in [1.165, 1.54) is 18.7 Å². The van der Waals surface area contributed by atoms with Crippen LogP contribution in [0.2, 0.25) is 0 Å². The van der Waals surface area contributed by atoms with E-state index in [0.29, 0.717) is 64.2 Å². The SMILES string of the molecule is CCSC1CC(=O)N(CCC(=O)NC(CCCCNC(=O)COCCOC)C(=O)NCCCC(C)=O)C1=O. The van der Waals surface area contributed by atoms with Gasteiger partial charge >= 0.3 is 0 Å². The summed E-state index contributed by atoms with van der Waals surface area (Å²) in [6.45, 7) is 4.72. The third kappa shape index (κ3) is 13.9. The van der Waals surface area contributed by atoms with Crippen molar-refractivity contribution in [3.05, 3.63) is 0 Å². The van der Waals surface area contributed by atoms with Gasteiger partial charge in [-0.3, -0.25) is 28.9 Å². The van der Waals surface area contributed by atoms with Gasteiger partial charge in [-0.1, -0.05) is 6.92 Å². The van der Waals surface area contributed by atoms with E-state index < -0.39 is 17.2 Å². The number of unbranched alkanes of at least 4 members (excludes halogenated alkanes) is 1. The number of rotatable bonds is 21. The van der Waals surface area contributed by atoms with Crippen LogP contribution in [-0.2, 0) is 38.2 Å². The Labute approximate surface area is 228 Å². The zero-order valence-electron chi connectivity index (χ0n) is 22.7. The molecule has 38 heavy (non-hydrogen) atoms. The van der Waals surface area contributed by atoms with Crippen molar-refractivity contribution in [3.8, 4) is 0 Å². The van der Waals surface area contributed by atoms with Crippen molar-refractivity contribution < 1.29 is 38.2 Å². The molecule has 12 nitrogen and oxygen atoms in total. The van der Waals surface area contributed by atoms with Gasteiger partial charge in [-0.05, 0) is 38.4 Å². The van der Waals surface area contributed by atoms with Gasteiger partial charge in [0, 0.05) is 46.0 Å². The molecule has 3 N–H and O–H groups in total. The number of methoxy groups -OCH3 is 1. The number of carbonyl (C=O) groups excluding carboxylic acids is 6. The summed E-state index contributed by atoms with van der Waals surface area (Å²) in [6.07, 6.45) is 2.35. The Balaban J connectivity index is 2.52. The maximum Gasteiger partial charge on any atom is 0.245 e. The number of carbonyl (C=O) groups is 6. The Morgan fingerprint density at radius 3 is 2.45 bits per heavy atom. The summed E-state index contributed by atoms with van der Waals surface area (Å²) in [7, 11) is 1.54. The molecule has 0 aromatic heterocycles. The van der Waals surface area contributed by atoms with Crippen LogP contribution in [0.3, 0.4) is 0 Å². The summed E-state index contributed by atoms with van der Waals surface area (Å²) < 4.78 is 10.00. The van der Waals surface area contributed by atoms with Gasteiger partial charge in [0.05, 0.1) is 18.5 Å². The molecular formula is C25H42N4O8S. The lowest BCUT2D eigenvalue weighted by Crippen LogP contribution is -2.47. The number of imide groups is 1. The number of hydrogen-bond donors (Lipinski definition) is 3. The van der Waals surface area contributed by atoms with E-state index in [-0.39, 0.29) is 55.4 Å². The van der Waals surface area contributed by atoms with E-state index in [2.05, 4.69) is 16.0 Å². The van der Waals surface area contributed by atoms with Crippen LogP contribution in [0.15, 0.2) is 0 Å². The minimum Gasteiger partial charge on any atom is -0.382 e.